The summed E-state index contributed by atoms with van der Waals surface area (Å²) < 4.78 is 31.7. The van der Waals surface area contributed by atoms with E-state index >= 15 is 0 Å². The Hall–Kier alpha value is -5.20. The summed E-state index contributed by atoms with van der Waals surface area (Å²) in [6.07, 6.45) is 1.24. The summed E-state index contributed by atoms with van der Waals surface area (Å²) in [6, 6.07) is 26.9. The first-order chi connectivity index (χ1) is 20.1. The van der Waals surface area contributed by atoms with E-state index in [0.717, 1.165) is 11.0 Å². The average molecular weight is 600 g/mol. The lowest BCUT2D eigenvalue weighted by molar-refractivity contribution is -0.385. The number of carbonyl (C=O) groups excluding carboxylic acids is 2. The largest absolute Gasteiger partial charge is 0.457 e. The van der Waals surface area contributed by atoms with E-state index in [1.165, 1.54) is 30.3 Å². The van der Waals surface area contributed by atoms with Crippen LogP contribution in [0.2, 0.25) is 0 Å². The Morgan fingerprint density at radius 1 is 0.881 bits per heavy atom. The van der Waals surface area contributed by atoms with Crippen LogP contribution in [0.1, 0.15) is 11.1 Å². The number of hydrogen-bond donors (Lipinski definition) is 1. The van der Waals surface area contributed by atoms with Gasteiger partial charge in [0.15, 0.2) is 14.9 Å². The topological polar surface area (TPSA) is 136 Å². The van der Waals surface area contributed by atoms with Gasteiger partial charge in [0.05, 0.1) is 21.3 Å². The predicted octanol–water partition coefficient (Wildman–Crippen LogP) is 5.19. The van der Waals surface area contributed by atoms with Crippen molar-refractivity contribution in [3.8, 4) is 11.5 Å². The maximum absolute atomic E-state index is 13.5. The van der Waals surface area contributed by atoms with Gasteiger partial charge in [-0.1, -0.05) is 36.4 Å². The van der Waals surface area contributed by atoms with Crippen LogP contribution in [-0.2, 0) is 25.2 Å². The lowest BCUT2D eigenvalue weighted by Crippen LogP contribution is -2.54. The van der Waals surface area contributed by atoms with Gasteiger partial charge in [-0.15, -0.1) is 0 Å². The number of ether oxygens (including phenoxy) is 1. The first-order valence-corrected chi connectivity index (χ1v) is 14.5. The number of sulfone groups is 1. The van der Waals surface area contributed by atoms with Crippen molar-refractivity contribution in [3.63, 3.8) is 0 Å². The molecule has 0 aromatic heterocycles. The van der Waals surface area contributed by atoms with Gasteiger partial charge in [0.25, 0.3) is 17.5 Å². The molecule has 0 saturated carbocycles. The van der Waals surface area contributed by atoms with E-state index in [1.807, 2.05) is 18.2 Å². The number of thiocarbonyl (C=S) groups is 1. The molecule has 1 aliphatic rings. The minimum atomic E-state index is -3.92. The van der Waals surface area contributed by atoms with Crippen LogP contribution >= 0.6 is 12.2 Å². The van der Waals surface area contributed by atoms with Crippen molar-refractivity contribution < 1.29 is 27.7 Å². The number of benzene rings is 4. The molecule has 42 heavy (non-hydrogen) atoms. The van der Waals surface area contributed by atoms with Gasteiger partial charge in [-0.05, 0) is 84.5 Å². The summed E-state index contributed by atoms with van der Waals surface area (Å²) in [4.78, 5) is 38.4. The number of nitro benzene ring substituents is 1. The molecule has 4 aromatic rings. The normalized spacial score (nSPS) is 14.5. The van der Waals surface area contributed by atoms with Crippen molar-refractivity contribution >= 4 is 56.4 Å². The van der Waals surface area contributed by atoms with Crippen LogP contribution in [0.15, 0.2) is 114 Å². The van der Waals surface area contributed by atoms with E-state index < -0.39 is 38.0 Å². The molecule has 4 aromatic carbocycles. The third kappa shape index (κ3) is 6.09. The van der Waals surface area contributed by atoms with Crippen molar-refractivity contribution in [2.75, 3.05) is 4.90 Å². The molecule has 1 fully saturated rings. The molecule has 10 nitrogen and oxygen atoms in total. The molecule has 1 N–H and O–H groups in total. The Balaban J connectivity index is 1.44. The fourth-order valence-electron chi connectivity index (χ4n) is 4.25. The van der Waals surface area contributed by atoms with E-state index in [9.17, 15) is 28.1 Å². The van der Waals surface area contributed by atoms with Gasteiger partial charge in [0.2, 0.25) is 0 Å². The Bertz CT molecular complexity index is 1840. The van der Waals surface area contributed by atoms with Crippen molar-refractivity contribution in [1.29, 1.82) is 0 Å². The summed E-state index contributed by atoms with van der Waals surface area (Å²) in [5.41, 5.74) is -0.203. The summed E-state index contributed by atoms with van der Waals surface area (Å²) >= 11 is 5.26. The minimum absolute atomic E-state index is 0.00855. The molecule has 1 aliphatic heterocycles. The molecule has 0 unspecified atom stereocenters. The highest BCUT2D eigenvalue weighted by molar-refractivity contribution is 7.90. The maximum Gasteiger partial charge on any atom is 0.273 e. The number of para-hydroxylation sites is 1. The third-order valence-corrected chi connectivity index (χ3v) is 8.20. The van der Waals surface area contributed by atoms with Crippen LogP contribution in [0.5, 0.6) is 11.5 Å². The highest BCUT2D eigenvalue weighted by atomic mass is 32.2. The second kappa shape index (κ2) is 11.7. The third-order valence-electron chi connectivity index (χ3n) is 6.23. The number of nitro groups is 1. The van der Waals surface area contributed by atoms with Gasteiger partial charge in [0.1, 0.15) is 17.1 Å². The Morgan fingerprint density at radius 3 is 2.14 bits per heavy atom. The molecule has 2 amide bonds. The van der Waals surface area contributed by atoms with Crippen LogP contribution in [-0.4, -0.2) is 30.3 Å². The molecule has 12 heteroatoms. The fraction of sp³-hybridized carbons (Fsp3) is 0.0333. The van der Waals surface area contributed by atoms with Gasteiger partial charge >= 0.3 is 0 Å². The maximum atomic E-state index is 13.5. The molecule has 1 saturated heterocycles. The minimum Gasteiger partial charge on any atom is -0.457 e. The van der Waals surface area contributed by atoms with Crippen LogP contribution in [0.25, 0.3) is 6.08 Å². The molecule has 210 valence electrons. The van der Waals surface area contributed by atoms with E-state index in [0.29, 0.717) is 17.2 Å². The molecular formula is C30H21N3O7S2. The SMILES string of the molecule is O=C1NC(=S)N(c2ccc(Oc3ccccc3)cc2)C(=O)C1=Cc1ccc([N+](=O)[O-])c(CS(=O)(=O)c2ccccc2)c1. The molecular weight excluding hydrogens is 578 g/mol. The number of hydrogen-bond acceptors (Lipinski definition) is 8. The van der Waals surface area contributed by atoms with Gasteiger partial charge in [-0.25, -0.2) is 8.42 Å². The first kappa shape index (κ1) is 28.3. The Morgan fingerprint density at radius 2 is 1.50 bits per heavy atom. The zero-order valence-electron chi connectivity index (χ0n) is 21.7. The van der Waals surface area contributed by atoms with Crippen molar-refractivity contribution in [2.45, 2.75) is 10.6 Å². The second-order valence-corrected chi connectivity index (χ2v) is 11.5. The quantitative estimate of drug-likeness (QED) is 0.0961. The number of nitrogens with one attached hydrogen (secondary N) is 1. The van der Waals surface area contributed by atoms with E-state index in [4.69, 9.17) is 17.0 Å². The standard InChI is InChI=1S/C30H21N3O7S2/c34-28-26(18-20-11-16-27(33(36)37)21(17-20)19-42(38,39)25-9-5-2-6-10-25)29(35)32(30(41)31-28)22-12-14-24(15-13-22)40-23-7-3-1-4-8-23/h1-18H,19H2,(H,31,34,41). The first-order valence-electron chi connectivity index (χ1n) is 12.4. The van der Waals surface area contributed by atoms with Crippen molar-refractivity contribution in [3.05, 3.63) is 130 Å². The van der Waals surface area contributed by atoms with Crippen LogP contribution in [0.3, 0.4) is 0 Å². The smallest absolute Gasteiger partial charge is 0.273 e. The molecule has 0 spiro atoms. The molecule has 1 heterocycles. The van der Waals surface area contributed by atoms with Crippen molar-refractivity contribution in [2.24, 2.45) is 0 Å². The van der Waals surface area contributed by atoms with Gasteiger partial charge in [-0.2, -0.15) is 0 Å². The molecule has 0 aliphatic carbocycles. The van der Waals surface area contributed by atoms with Crippen LogP contribution < -0.4 is 15.0 Å². The number of anilines is 1. The van der Waals surface area contributed by atoms with Gasteiger partial charge in [0, 0.05) is 11.6 Å². The fourth-order valence-corrected chi connectivity index (χ4v) is 5.91. The number of nitrogens with zero attached hydrogens (tertiary/aromatic N) is 2. The Labute approximate surface area is 245 Å². The van der Waals surface area contributed by atoms with Gasteiger partial charge < -0.3 is 4.74 Å². The summed E-state index contributed by atoms with van der Waals surface area (Å²) in [6.45, 7) is 0. The number of rotatable bonds is 8. The molecule has 5 rings (SSSR count). The van der Waals surface area contributed by atoms with E-state index in [2.05, 4.69) is 5.32 Å². The lowest BCUT2D eigenvalue weighted by atomic mass is 10.0. The van der Waals surface area contributed by atoms with E-state index in [1.54, 1.807) is 54.6 Å². The lowest BCUT2D eigenvalue weighted by Gasteiger charge is -2.29. The molecule has 0 bridgehead atoms. The zero-order valence-corrected chi connectivity index (χ0v) is 23.3. The summed E-state index contributed by atoms with van der Waals surface area (Å²) in [5.74, 6) is -0.993. The highest BCUT2D eigenvalue weighted by Crippen LogP contribution is 2.29. The monoisotopic (exact) mass is 599 g/mol. The zero-order chi connectivity index (χ0) is 29.9. The van der Waals surface area contributed by atoms with E-state index in [-0.39, 0.29) is 26.7 Å². The molecule has 0 atom stereocenters. The molecule has 0 radical (unpaired) electrons. The van der Waals surface area contributed by atoms with Crippen LogP contribution in [0, 0.1) is 10.1 Å². The average Bonchev–Trinajstić information content (AvgIpc) is 2.97. The number of amides is 2. The highest BCUT2D eigenvalue weighted by Gasteiger charge is 2.34. The predicted molar refractivity (Wildman–Crippen MR) is 160 cm³/mol. The van der Waals surface area contributed by atoms with Gasteiger partial charge in [-0.3, -0.25) is 29.9 Å². The number of carbonyl (C=O) groups is 2. The summed E-state index contributed by atoms with van der Waals surface area (Å²) in [7, 11) is -3.92. The summed E-state index contributed by atoms with van der Waals surface area (Å²) in [5, 5.41) is 14.0. The van der Waals surface area contributed by atoms with Crippen molar-refractivity contribution in [1.82, 2.24) is 5.32 Å². The van der Waals surface area contributed by atoms with Crippen LogP contribution in [0.4, 0.5) is 11.4 Å². The second-order valence-electron chi connectivity index (χ2n) is 9.08. The Kier molecular flexibility index (Phi) is 7.91.